The molecule has 0 aliphatic heterocycles. The van der Waals surface area contributed by atoms with Crippen molar-refractivity contribution in [3.05, 3.63) is 23.8 Å². The summed E-state index contributed by atoms with van der Waals surface area (Å²) in [6.07, 6.45) is 3.75. The van der Waals surface area contributed by atoms with Gasteiger partial charge in [0.15, 0.2) is 0 Å². The highest BCUT2D eigenvalue weighted by Gasteiger charge is 2.34. The lowest BCUT2D eigenvalue weighted by molar-refractivity contribution is 0.281. The Kier molecular flexibility index (Phi) is 4.36. The van der Waals surface area contributed by atoms with Gasteiger partial charge in [-0.25, -0.2) is 13.1 Å². The summed E-state index contributed by atoms with van der Waals surface area (Å²) < 4.78 is 33.0. The molecule has 1 aliphatic rings. The van der Waals surface area contributed by atoms with E-state index in [0.717, 1.165) is 25.7 Å². The van der Waals surface area contributed by atoms with Crippen LogP contribution in [-0.2, 0) is 16.6 Å². The number of nitrogens with one attached hydrogen (secondary N) is 1. The monoisotopic (exact) mass is 299 g/mol. The van der Waals surface area contributed by atoms with Gasteiger partial charge in [0, 0.05) is 5.54 Å². The Balaban J connectivity index is 2.37. The molecule has 6 heteroatoms. The molecule has 1 aromatic rings. The first-order valence-corrected chi connectivity index (χ1v) is 8.20. The number of hydrogen-bond donors (Lipinski definition) is 2. The Morgan fingerprint density at radius 2 is 2.00 bits per heavy atom. The van der Waals surface area contributed by atoms with Crippen LogP contribution in [0.1, 0.15) is 38.2 Å². The molecule has 2 N–H and O–H groups in total. The van der Waals surface area contributed by atoms with Gasteiger partial charge in [0.2, 0.25) is 10.0 Å². The fourth-order valence-corrected chi connectivity index (χ4v) is 4.35. The van der Waals surface area contributed by atoms with Gasteiger partial charge >= 0.3 is 0 Å². The molecule has 0 aromatic heterocycles. The van der Waals surface area contributed by atoms with Crippen LogP contribution in [0.15, 0.2) is 23.1 Å². The van der Waals surface area contributed by atoms with Crippen molar-refractivity contribution in [2.75, 3.05) is 7.11 Å². The Labute approximate surface area is 120 Å². The number of benzene rings is 1. The molecule has 0 bridgehead atoms. The third-order valence-corrected chi connectivity index (χ3v) is 5.45. The van der Waals surface area contributed by atoms with Crippen LogP contribution in [-0.4, -0.2) is 26.2 Å². The summed E-state index contributed by atoms with van der Waals surface area (Å²) in [6, 6.07) is 4.67. The first-order chi connectivity index (χ1) is 9.40. The van der Waals surface area contributed by atoms with E-state index >= 15 is 0 Å². The maximum atomic E-state index is 12.6. The zero-order chi connectivity index (χ0) is 14.8. The molecule has 0 unspecified atom stereocenters. The number of aliphatic hydroxyl groups excluding tert-OH is 1. The van der Waals surface area contributed by atoms with Gasteiger partial charge in [-0.15, -0.1) is 0 Å². The molecule has 0 heterocycles. The van der Waals surface area contributed by atoms with Gasteiger partial charge in [0.25, 0.3) is 0 Å². The minimum Gasteiger partial charge on any atom is -0.495 e. The van der Waals surface area contributed by atoms with Crippen molar-refractivity contribution in [3.63, 3.8) is 0 Å². The van der Waals surface area contributed by atoms with Gasteiger partial charge in [-0.05, 0) is 37.5 Å². The highest BCUT2D eigenvalue weighted by Crippen LogP contribution is 2.32. The molecule has 0 amide bonds. The standard InChI is InChI=1S/C14H21NO4S/c1-14(7-3-4-8-14)15-20(17,18)13-9-11(10-16)5-6-12(13)19-2/h5-6,9,15-16H,3-4,7-8,10H2,1-2H3. The summed E-state index contributed by atoms with van der Waals surface area (Å²) in [5, 5.41) is 9.17. The molecular weight excluding hydrogens is 278 g/mol. The maximum Gasteiger partial charge on any atom is 0.244 e. The van der Waals surface area contributed by atoms with E-state index in [1.165, 1.54) is 13.2 Å². The second-order valence-corrected chi connectivity index (χ2v) is 7.17. The number of ether oxygens (including phenoxy) is 1. The Bertz CT molecular complexity index is 577. The molecule has 1 aromatic carbocycles. The lowest BCUT2D eigenvalue weighted by Crippen LogP contribution is -2.43. The zero-order valence-corrected chi connectivity index (χ0v) is 12.7. The zero-order valence-electron chi connectivity index (χ0n) is 11.8. The van der Waals surface area contributed by atoms with Crippen LogP contribution in [0, 0.1) is 0 Å². The fraction of sp³-hybridized carbons (Fsp3) is 0.571. The molecule has 1 fully saturated rings. The molecule has 0 spiro atoms. The lowest BCUT2D eigenvalue weighted by atomic mass is 10.0. The molecule has 0 atom stereocenters. The van der Waals surface area contributed by atoms with E-state index in [4.69, 9.17) is 4.74 Å². The summed E-state index contributed by atoms with van der Waals surface area (Å²) in [5.41, 5.74) is 0.154. The van der Waals surface area contributed by atoms with E-state index < -0.39 is 10.0 Å². The summed E-state index contributed by atoms with van der Waals surface area (Å²) >= 11 is 0. The van der Waals surface area contributed by atoms with Gasteiger partial charge in [-0.3, -0.25) is 0 Å². The van der Waals surface area contributed by atoms with Crippen molar-refractivity contribution in [2.45, 2.75) is 49.6 Å². The number of aliphatic hydroxyl groups is 1. The third kappa shape index (κ3) is 3.13. The van der Waals surface area contributed by atoms with Crippen LogP contribution >= 0.6 is 0 Å². The van der Waals surface area contributed by atoms with Gasteiger partial charge in [0.1, 0.15) is 10.6 Å². The van der Waals surface area contributed by atoms with Crippen molar-refractivity contribution in [3.8, 4) is 5.75 Å². The van der Waals surface area contributed by atoms with E-state index in [0.29, 0.717) is 5.56 Å². The molecular formula is C14H21NO4S. The SMILES string of the molecule is COc1ccc(CO)cc1S(=O)(=O)NC1(C)CCCC1. The predicted octanol–water partition coefficient (Wildman–Crippen LogP) is 1.80. The fourth-order valence-electron chi connectivity index (χ4n) is 2.67. The highest BCUT2D eigenvalue weighted by atomic mass is 32.2. The molecule has 2 rings (SSSR count). The number of hydrogen-bond acceptors (Lipinski definition) is 4. The minimum atomic E-state index is -3.66. The van der Waals surface area contributed by atoms with Crippen LogP contribution < -0.4 is 9.46 Å². The summed E-state index contributed by atoms with van der Waals surface area (Å²) in [4.78, 5) is 0.0830. The molecule has 20 heavy (non-hydrogen) atoms. The van der Waals surface area contributed by atoms with Gasteiger partial charge < -0.3 is 9.84 Å². The van der Waals surface area contributed by atoms with E-state index in [1.807, 2.05) is 6.92 Å². The summed E-state index contributed by atoms with van der Waals surface area (Å²) in [5.74, 6) is 0.288. The Morgan fingerprint density at radius 1 is 1.35 bits per heavy atom. The normalized spacial score (nSPS) is 18.1. The minimum absolute atomic E-state index is 0.0830. The molecule has 5 nitrogen and oxygen atoms in total. The highest BCUT2D eigenvalue weighted by molar-refractivity contribution is 7.89. The number of sulfonamides is 1. The molecule has 0 radical (unpaired) electrons. The van der Waals surface area contributed by atoms with Crippen LogP contribution in [0.25, 0.3) is 0 Å². The lowest BCUT2D eigenvalue weighted by Gasteiger charge is -2.25. The van der Waals surface area contributed by atoms with Crippen LogP contribution in [0.4, 0.5) is 0 Å². The summed E-state index contributed by atoms with van der Waals surface area (Å²) in [6.45, 7) is 1.73. The van der Waals surface area contributed by atoms with E-state index in [-0.39, 0.29) is 22.8 Å². The van der Waals surface area contributed by atoms with Crippen LogP contribution in [0.3, 0.4) is 0 Å². The van der Waals surface area contributed by atoms with Crippen molar-refractivity contribution >= 4 is 10.0 Å². The Hall–Kier alpha value is -1.11. The average molecular weight is 299 g/mol. The maximum absolute atomic E-state index is 12.6. The predicted molar refractivity (Wildman–Crippen MR) is 76.1 cm³/mol. The van der Waals surface area contributed by atoms with Crippen LogP contribution in [0.2, 0.25) is 0 Å². The smallest absolute Gasteiger partial charge is 0.244 e. The summed E-state index contributed by atoms with van der Waals surface area (Å²) in [7, 11) is -2.23. The van der Waals surface area contributed by atoms with Crippen molar-refractivity contribution in [1.29, 1.82) is 0 Å². The quantitative estimate of drug-likeness (QED) is 0.869. The third-order valence-electron chi connectivity index (χ3n) is 3.79. The van der Waals surface area contributed by atoms with Gasteiger partial charge in [-0.1, -0.05) is 18.9 Å². The average Bonchev–Trinajstić information content (AvgIpc) is 2.83. The largest absolute Gasteiger partial charge is 0.495 e. The molecule has 1 saturated carbocycles. The van der Waals surface area contributed by atoms with E-state index in [1.54, 1.807) is 12.1 Å². The van der Waals surface area contributed by atoms with E-state index in [9.17, 15) is 13.5 Å². The van der Waals surface area contributed by atoms with Crippen molar-refractivity contribution in [2.24, 2.45) is 0 Å². The van der Waals surface area contributed by atoms with Crippen molar-refractivity contribution in [1.82, 2.24) is 4.72 Å². The van der Waals surface area contributed by atoms with E-state index in [2.05, 4.69) is 4.72 Å². The molecule has 112 valence electrons. The van der Waals surface area contributed by atoms with Gasteiger partial charge in [0.05, 0.1) is 13.7 Å². The second kappa shape index (κ2) is 5.71. The number of methoxy groups -OCH3 is 1. The molecule has 0 saturated heterocycles. The number of rotatable bonds is 5. The Morgan fingerprint density at radius 3 is 2.55 bits per heavy atom. The first kappa shape index (κ1) is 15.3. The molecule has 1 aliphatic carbocycles. The van der Waals surface area contributed by atoms with Gasteiger partial charge in [-0.2, -0.15) is 0 Å². The first-order valence-electron chi connectivity index (χ1n) is 6.72. The van der Waals surface area contributed by atoms with Crippen molar-refractivity contribution < 1.29 is 18.3 Å². The topological polar surface area (TPSA) is 75.6 Å². The second-order valence-electron chi connectivity index (χ2n) is 5.52. The van der Waals surface area contributed by atoms with Crippen LogP contribution in [0.5, 0.6) is 5.75 Å².